The van der Waals surface area contributed by atoms with Crippen LogP contribution in [-0.2, 0) is 20.8 Å². The van der Waals surface area contributed by atoms with E-state index in [0.717, 1.165) is 0 Å². The number of aliphatic carboxylic acids is 1. The topological polar surface area (TPSA) is 127 Å². The van der Waals surface area contributed by atoms with Gasteiger partial charge in [-0.2, -0.15) is 0 Å². The maximum absolute atomic E-state index is 12.6. The molecule has 2 unspecified atom stereocenters. The van der Waals surface area contributed by atoms with Gasteiger partial charge in [0, 0.05) is 6.42 Å². The van der Waals surface area contributed by atoms with Gasteiger partial charge in [0.05, 0.1) is 12.6 Å². The Labute approximate surface area is 141 Å². The highest BCUT2D eigenvalue weighted by molar-refractivity contribution is 6.02. The first kappa shape index (κ1) is 19.8. The lowest BCUT2D eigenvalue weighted by atomic mass is 10.00. The highest BCUT2D eigenvalue weighted by Gasteiger charge is 2.36. The van der Waals surface area contributed by atoms with E-state index >= 15 is 0 Å². The number of carboxylic acids is 1. The minimum atomic E-state index is -1.34. The molecule has 7 nitrogen and oxygen atoms in total. The van der Waals surface area contributed by atoms with Gasteiger partial charge in [-0.1, -0.05) is 44.2 Å². The molecule has 1 aromatic carbocycles. The highest BCUT2D eigenvalue weighted by Crippen LogP contribution is 2.14. The Kier molecular flexibility index (Phi) is 7.54. The number of hydrogen-bond acceptors (Lipinski definition) is 5. The van der Waals surface area contributed by atoms with Crippen molar-refractivity contribution in [2.75, 3.05) is 6.54 Å². The molecule has 0 aliphatic rings. The van der Waals surface area contributed by atoms with Crippen LogP contribution in [0.3, 0.4) is 0 Å². The van der Waals surface area contributed by atoms with Crippen molar-refractivity contribution in [1.29, 1.82) is 0 Å². The summed E-state index contributed by atoms with van der Waals surface area (Å²) in [6.45, 7) is 3.32. The molecule has 1 rings (SSSR count). The Morgan fingerprint density at radius 1 is 1.17 bits per heavy atom. The molecule has 0 saturated heterocycles. The van der Waals surface area contributed by atoms with Crippen LogP contribution in [0.5, 0.6) is 0 Å². The molecule has 2 amide bonds. The van der Waals surface area contributed by atoms with Crippen molar-refractivity contribution in [1.82, 2.24) is 4.90 Å². The second-order valence-electron chi connectivity index (χ2n) is 6.09. The Hall–Kier alpha value is -2.25. The summed E-state index contributed by atoms with van der Waals surface area (Å²) in [7, 11) is 0. The summed E-state index contributed by atoms with van der Waals surface area (Å²) in [5.41, 5.74) is 11.9. The number of imide groups is 1. The molecule has 0 saturated carbocycles. The van der Waals surface area contributed by atoms with Crippen LogP contribution in [0.25, 0.3) is 0 Å². The number of nitrogens with two attached hydrogens (primary N) is 2. The summed E-state index contributed by atoms with van der Waals surface area (Å²) in [6.07, 6.45) is 0.354. The number of rotatable bonds is 8. The minimum absolute atomic E-state index is 0.00204. The fraction of sp³-hybridized carbons (Fsp3) is 0.471. The number of carboxylic acid groups (broad SMARTS) is 1. The van der Waals surface area contributed by atoms with E-state index in [9.17, 15) is 19.5 Å². The van der Waals surface area contributed by atoms with E-state index in [1.165, 1.54) is 0 Å². The van der Waals surface area contributed by atoms with E-state index in [4.69, 9.17) is 11.5 Å². The van der Waals surface area contributed by atoms with Crippen LogP contribution in [0, 0.1) is 5.92 Å². The summed E-state index contributed by atoms with van der Waals surface area (Å²) in [4.78, 5) is 37.1. The zero-order chi connectivity index (χ0) is 18.3. The molecule has 1 aromatic rings. The number of amides is 2. The van der Waals surface area contributed by atoms with Crippen LogP contribution < -0.4 is 11.5 Å². The van der Waals surface area contributed by atoms with Crippen LogP contribution in [0.15, 0.2) is 30.3 Å². The largest absolute Gasteiger partial charge is 0.480 e. The molecule has 24 heavy (non-hydrogen) atoms. The summed E-state index contributed by atoms with van der Waals surface area (Å²) in [6, 6.07) is 6.50. The van der Waals surface area contributed by atoms with Crippen LogP contribution in [0.1, 0.15) is 25.8 Å². The quantitative estimate of drug-likeness (QED) is 0.630. The molecule has 0 radical (unpaired) electrons. The van der Waals surface area contributed by atoms with Gasteiger partial charge in [-0.25, -0.2) is 4.79 Å². The molecule has 5 N–H and O–H groups in total. The van der Waals surface area contributed by atoms with Crippen molar-refractivity contribution in [2.24, 2.45) is 17.4 Å². The maximum atomic E-state index is 12.6. The third kappa shape index (κ3) is 5.43. The SMILES string of the molecule is CC(C)CC(N)C(=O)N(C(=O)CN)C(Cc1ccccc1)C(=O)O. The Bertz CT molecular complexity index is 574. The van der Waals surface area contributed by atoms with Gasteiger partial charge in [-0.15, -0.1) is 0 Å². The van der Waals surface area contributed by atoms with Crippen molar-refractivity contribution >= 4 is 17.8 Å². The predicted molar refractivity (Wildman–Crippen MR) is 89.9 cm³/mol. The maximum Gasteiger partial charge on any atom is 0.327 e. The van der Waals surface area contributed by atoms with Gasteiger partial charge in [-0.05, 0) is 17.9 Å². The van der Waals surface area contributed by atoms with Crippen LogP contribution in [-0.4, -0.2) is 46.4 Å². The fourth-order valence-electron chi connectivity index (χ4n) is 2.46. The number of carbonyl (C=O) groups excluding carboxylic acids is 2. The molecule has 0 aromatic heterocycles. The smallest absolute Gasteiger partial charge is 0.327 e. The zero-order valence-corrected chi connectivity index (χ0v) is 14.0. The van der Waals surface area contributed by atoms with Crippen LogP contribution in [0.4, 0.5) is 0 Å². The molecule has 0 bridgehead atoms. The van der Waals surface area contributed by atoms with Crippen molar-refractivity contribution < 1.29 is 19.5 Å². The minimum Gasteiger partial charge on any atom is -0.480 e. The standard InChI is InChI=1S/C17H25N3O4/c1-11(2)8-13(19)16(22)20(15(21)10-18)14(17(23)24)9-12-6-4-3-5-7-12/h3-7,11,13-14H,8-10,18-19H2,1-2H3,(H,23,24). The van der Waals surface area contributed by atoms with E-state index in [1.807, 2.05) is 13.8 Å². The van der Waals surface area contributed by atoms with Crippen LogP contribution >= 0.6 is 0 Å². The molecule has 132 valence electrons. The van der Waals surface area contributed by atoms with Crippen molar-refractivity contribution in [3.05, 3.63) is 35.9 Å². The van der Waals surface area contributed by atoms with Gasteiger partial charge in [0.1, 0.15) is 6.04 Å². The predicted octanol–water partition coefficient (Wildman–Crippen LogP) is 0.370. The Morgan fingerprint density at radius 3 is 2.21 bits per heavy atom. The van der Waals surface area contributed by atoms with E-state index in [0.29, 0.717) is 16.9 Å². The molecule has 0 aliphatic heterocycles. The molecule has 0 spiro atoms. The van der Waals surface area contributed by atoms with Gasteiger partial charge in [0.2, 0.25) is 11.8 Å². The number of benzene rings is 1. The lowest BCUT2D eigenvalue weighted by molar-refractivity contribution is -0.158. The van der Waals surface area contributed by atoms with E-state index in [2.05, 4.69) is 0 Å². The van der Waals surface area contributed by atoms with Gasteiger partial charge >= 0.3 is 5.97 Å². The van der Waals surface area contributed by atoms with Gasteiger partial charge in [0.25, 0.3) is 0 Å². The van der Waals surface area contributed by atoms with E-state index < -0.39 is 36.4 Å². The van der Waals surface area contributed by atoms with Crippen molar-refractivity contribution in [3.8, 4) is 0 Å². The molecular formula is C17H25N3O4. The molecular weight excluding hydrogens is 310 g/mol. The Morgan fingerprint density at radius 2 is 1.75 bits per heavy atom. The van der Waals surface area contributed by atoms with Gasteiger partial charge in [-0.3, -0.25) is 14.5 Å². The summed E-state index contributed by atoms with van der Waals surface area (Å²) >= 11 is 0. The van der Waals surface area contributed by atoms with Crippen molar-refractivity contribution in [3.63, 3.8) is 0 Å². The highest BCUT2D eigenvalue weighted by atomic mass is 16.4. The zero-order valence-electron chi connectivity index (χ0n) is 14.0. The lowest BCUT2D eigenvalue weighted by Gasteiger charge is -2.29. The summed E-state index contributed by atoms with van der Waals surface area (Å²) in [5, 5.41) is 9.53. The normalized spacial score (nSPS) is 13.4. The fourth-order valence-corrected chi connectivity index (χ4v) is 2.46. The number of hydrogen-bond donors (Lipinski definition) is 3. The average molecular weight is 335 g/mol. The molecule has 0 heterocycles. The van der Waals surface area contributed by atoms with E-state index in [1.54, 1.807) is 30.3 Å². The van der Waals surface area contributed by atoms with Gasteiger partial charge < -0.3 is 16.6 Å². The summed E-state index contributed by atoms with van der Waals surface area (Å²) in [5.74, 6) is -2.59. The first-order valence-electron chi connectivity index (χ1n) is 7.86. The second-order valence-corrected chi connectivity index (χ2v) is 6.09. The molecule has 7 heteroatoms. The Balaban J connectivity index is 3.11. The first-order chi connectivity index (χ1) is 11.3. The molecule has 2 atom stereocenters. The van der Waals surface area contributed by atoms with E-state index in [-0.39, 0.29) is 12.3 Å². The summed E-state index contributed by atoms with van der Waals surface area (Å²) < 4.78 is 0. The lowest BCUT2D eigenvalue weighted by Crippen LogP contribution is -2.56. The monoisotopic (exact) mass is 335 g/mol. The first-order valence-corrected chi connectivity index (χ1v) is 7.86. The van der Waals surface area contributed by atoms with Crippen molar-refractivity contribution in [2.45, 2.75) is 38.8 Å². The number of carbonyl (C=O) groups is 3. The molecule has 0 aliphatic carbocycles. The molecule has 0 fully saturated rings. The number of nitrogens with zero attached hydrogens (tertiary/aromatic N) is 1. The second kappa shape index (κ2) is 9.14. The average Bonchev–Trinajstić information content (AvgIpc) is 2.53. The third-order valence-corrected chi connectivity index (χ3v) is 3.59. The van der Waals surface area contributed by atoms with Gasteiger partial charge in [0.15, 0.2) is 0 Å². The third-order valence-electron chi connectivity index (χ3n) is 3.59. The van der Waals surface area contributed by atoms with Crippen LogP contribution in [0.2, 0.25) is 0 Å².